The zero-order valence-electron chi connectivity index (χ0n) is 54.7. The maximum atomic E-state index is 15.1. The molecule has 0 aliphatic carbocycles. The number of nitrogens with two attached hydrogens (primary N) is 5. The van der Waals surface area contributed by atoms with E-state index in [0.29, 0.717) is 16.5 Å². The number of para-hydroxylation sites is 1. The van der Waals surface area contributed by atoms with E-state index >= 15 is 4.79 Å². The molecule has 9 amide bonds. The van der Waals surface area contributed by atoms with Gasteiger partial charge in [-0.25, -0.2) is 4.79 Å². The first-order chi connectivity index (χ1) is 44.4. The van der Waals surface area contributed by atoms with Crippen molar-refractivity contribution in [3.8, 4) is 0 Å². The van der Waals surface area contributed by atoms with Crippen molar-refractivity contribution in [3.05, 3.63) is 36.0 Å². The number of aliphatic carboxylic acids is 1. The SMILES string of the molecule is I.S.S.[1H]C1CC(=O)[C@@H](NC(=O)CN)CSSC[C@@H](C(=O)C[C@@H](CCCNC(N)=O)C(=O)N[C@@H](Cc2c[nH]c3ccccc23)C(=O)C[C@@H](CCC(N)=O)C(=O)NC([2H])C(C)=O)NC(=O)[C@H](CCCN=C(N)N)CC(=O)[C@@H]2CCCN2C(=O)[C@H](CC(=O)O)CC(=O)[C@H]([C@@H](C)O)NC1=O. The van der Waals surface area contributed by atoms with Gasteiger partial charge in [-0.1, -0.05) is 39.8 Å². The van der Waals surface area contributed by atoms with E-state index in [0.717, 1.165) is 40.3 Å². The van der Waals surface area contributed by atoms with Crippen LogP contribution >= 0.6 is 72.6 Å². The van der Waals surface area contributed by atoms with E-state index in [1.165, 1.54) is 0 Å². The molecule has 36 heteroatoms. The standard InChI is InChI=1S/C59H86N14O17S2.HI.2H2S/c1-31(74)27-68-54(86)35(13-15-49(61)81)22-45(77)40(20-37-28-67-39-11-4-3-10-38(37)39)70-55(87)33(9-6-18-66-59(64)90)21-46(78)42-30-92-91-29-41(69-51(83)26-60)44(76)14-16-50(82)72-53(32(2)75)48(80)24-36(25-52(84)85)57(89)73-19-7-12-43(73)47(79)23-34(56(88)71-42)8-5-17-65-58(62)63;;;/h3-4,10-11,28,32-36,40-43,53,67,75H,5-9,12-27,29-30,60H2,1-2H3,(H2,61,81)(H,68,86)(H,69,83)(H,70,87)(H,71,88)(H,72,82)(H,84,85)(H4,62,63,65)(H3,64,66,90);1H;2*1H2/t32-,33-,34-,35-,36+,40+,41+,42+,43+,53+;;;/m1.../s1/i16H,27D;;;/t16?,27?,32-,33-,34-,35-,36+,40+,41+,42+,43+,53+;;;. The Balaban J connectivity index is 0.0000157. The van der Waals surface area contributed by atoms with E-state index in [1.807, 2.05) is 0 Å². The second-order valence-electron chi connectivity index (χ2n) is 22.6. The number of Topliss-reactive ketones (excluding diaryl/α,β-unsaturated/α-hetero) is 6. The molecule has 0 bridgehead atoms. The molecule has 1 aromatic heterocycles. The average Bonchev–Trinajstić information content (AvgIpc) is 1.74. The van der Waals surface area contributed by atoms with E-state index in [9.17, 15) is 77.3 Å². The number of hydrogen-bond acceptors (Lipinski definition) is 20. The lowest BCUT2D eigenvalue weighted by molar-refractivity contribution is -0.148. The van der Waals surface area contributed by atoms with Crippen LogP contribution in [0.5, 0.6) is 0 Å². The number of fused-ring (bicyclic) bond motifs is 2. The monoisotopic (exact) mass is 1520 g/mol. The van der Waals surface area contributed by atoms with Gasteiger partial charge in [0.15, 0.2) is 34.9 Å². The number of aliphatic hydroxyl groups is 1. The van der Waals surface area contributed by atoms with Gasteiger partial charge < -0.3 is 80.7 Å². The minimum atomic E-state index is -1.97. The molecule has 12 atom stereocenters. The number of halogens is 1. The highest BCUT2D eigenvalue weighted by atomic mass is 127. The smallest absolute Gasteiger partial charge is 0.312 e. The molecule has 19 N–H and O–H groups in total. The lowest BCUT2D eigenvalue weighted by Crippen LogP contribution is -2.50. The minimum Gasteiger partial charge on any atom is -0.481 e. The number of H-pyrrole nitrogens is 1. The normalized spacial score (nSPS) is 22.0. The number of carboxylic acids is 1. The van der Waals surface area contributed by atoms with Crippen LogP contribution in [0.1, 0.15) is 118 Å². The number of carboxylic acid groups (broad SMARTS) is 1. The quantitative estimate of drug-likeness (QED) is 0.0150. The second kappa shape index (κ2) is 44.1. The van der Waals surface area contributed by atoms with E-state index < -0.39 is 206 Å². The van der Waals surface area contributed by atoms with E-state index in [-0.39, 0.29) is 146 Å². The average molecular weight is 1520 g/mol. The summed E-state index contributed by atoms with van der Waals surface area (Å²) in [7, 11) is 1.78. The summed E-state index contributed by atoms with van der Waals surface area (Å²) >= 11 is 0. The number of primary amides is 2. The number of hydrogen-bond donors (Lipinski definition) is 14. The molecular weight excluding hydrogens is 1430 g/mol. The zero-order valence-corrected chi connectivity index (χ0v) is 58.7. The first-order valence-corrected chi connectivity index (χ1v) is 32.5. The predicted octanol–water partition coefficient (Wildman–Crippen LogP) is -1.18. The Morgan fingerprint density at radius 1 is 0.874 bits per heavy atom. The summed E-state index contributed by atoms with van der Waals surface area (Å²) in [5, 5.41) is 36.0. The first kappa shape index (κ1) is 82.4. The van der Waals surface area contributed by atoms with Crippen molar-refractivity contribution >= 4 is 177 Å². The van der Waals surface area contributed by atoms with Gasteiger partial charge in [0.05, 0.1) is 57.0 Å². The third-order valence-electron chi connectivity index (χ3n) is 15.4. The van der Waals surface area contributed by atoms with Crippen molar-refractivity contribution in [2.45, 2.75) is 153 Å². The fourth-order valence-corrected chi connectivity index (χ4v) is 12.9. The summed E-state index contributed by atoms with van der Waals surface area (Å²) < 4.78 is 16.6. The number of urea groups is 1. The van der Waals surface area contributed by atoms with Crippen LogP contribution in [0.3, 0.4) is 0 Å². The number of carbonyl (C=O) groups excluding carboxylic acids is 14. The van der Waals surface area contributed by atoms with E-state index in [4.69, 9.17) is 31.4 Å². The van der Waals surface area contributed by atoms with Gasteiger partial charge >= 0.3 is 12.0 Å². The van der Waals surface area contributed by atoms with Crippen LogP contribution in [-0.4, -0.2) is 195 Å². The fourth-order valence-electron chi connectivity index (χ4n) is 10.5. The summed E-state index contributed by atoms with van der Waals surface area (Å²) in [4.78, 5) is 212. The Labute approximate surface area is 591 Å². The Bertz CT molecular complexity index is 3150. The van der Waals surface area contributed by atoms with Gasteiger partial charge in [-0.2, -0.15) is 27.0 Å². The van der Waals surface area contributed by atoms with Crippen LogP contribution in [0, 0.1) is 23.7 Å². The number of guanidine groups is 1. The Kier molecular flexibility index (Phi) is 38.2. The van der Waals surface area contributed by atoms with Gasteiger partial charge in [0.25, 0.3) is 0 Å². The van der Waals surface area contributed by atoms with E-state index in [1.54, 1.807) is 30.5 Å². The highest BCUT2D eigenvalue weighted by Crippen LogP contribution is 2.30. The van der Waals surface area contributed by atoms with Crippen molar-refractivity contribution in [2.75, 3.05) is 44.2 Å². The van der Waals surface area contributed by atoms with Crippen molar-refractivity contribution in [2.24, 2.45) is 57.3 Å². The highest BCUT2D eigenvalue weighted by molar-refractivity contribution is 14.0. The lowest BCUT2D eigenvalue weighted by atomic mass is 9.89. The Hall–Kier alpha value is -6.87. The molecule has 0 saturated carbocycles. The van der Waals surface area contributed by atoms with Gasteiger partial charge in [-0.05, 0) is 70.4 Å². The number of ketones is 6. The third kappa shape index (κ3) is 30.0. The summed E-state index contributed by atoms with van der Waals surface area (Å²) in [6.07, 6.45) is -7.51. The number of nitrogens with zero attached hydrogens (tertiary/aromatic N) is 2. The number of aliphatic imine (C=N–C) groups is 1. The number of aromatic nitrogens is 1. The highest BCUT2D eigenvalue weighted by Gasteiger charge is 2.42. The molecule has 0 spiro atoms. The molecule has 2 unspecified atom stereocenters. The van der Waals surface area contributed by atoms with Crippen LogP contribution in [-0.2, 0) is 73.5 Å². The molecule has 95 heavy (non-hydrogen) atoms. The minimum absolute atomic E-state index is 0. The number of benzene rings is 1. The predicted molar refractivity (Wildman–Crippen MR) is 374 cm³/mol. The number of carbonyl (C=O) groups is 15. The number of aromatic amines is 1. The molecule has 2 fully saturated rings. The molecule has 2 saturated heterocycles. The van der Waals surface area contributed by atoms with Gasteiger partial charge in [-0.3, -0.25) is 72.1 Å². The van der Waals surface area contributed by atoms with Crippen LogP contribution in [0.2, 0.25) is 0 Å². The van der Waals surface area contributed by atoms with Gasteiger partial charge in [0.1, 0.15) is 11.8 Å². The maximum absolute atomic E-state index is 15.1. The molecule has 3 heterocycles. The number of nitrogens with one attached hydrogen (secondary N) is 7. The zero-order chi connectivity index (χ0) is 69.9. The van der Waals surface area contributed by atoms with Crippen LogP contribution < -0.4 is 60.6 Å². The summed E-state index contributed by atoms with van der Waals surface area (Å²) in [5.41, 5.74) is 28.7. The molecule has 530 valence electrons. The molecule has 0 radical (unpaired) electrons. The van der Waals surface area contributed by atoms with E-state index in [2.05, 4.69) is 41.9 Å². The number of aliphatic hydroxyl groups excluding tert-OH is 1. The maximum Gasteiger partial charge on any atom is 0.312 e. The van der Waals surface area contributed by atoms with Crippen molar-refractivity contribution in [3.63, 3.8) is 0 Å². The molecule has 31 nitrogen and oxygen atoms in total. The summed E-state index contributed by atoms with van der Waals surface area (Å²) in [6, 6.07) is -1.50. The first-order valence-electron chi connectivity index (χ1n) is 31.1. The molecular formula is C59H91IN14O17S4. The van der Waals surface area contributed by atoms with Crippen molar-refractivity contribution in [1.29, 1.82) is 0 Å². The van der Waals surface area contributed by atoms with Crippen LogP contribution in [0.15, 0.2) is 35.5 Å². The Morgan fingerprint density at radius 3 is 2.19 bits per heavy atom. The van der Waals surface area contributed by atoms with Gasteiger partial charge in [0.2, 0.25) is 41.4 Å². The lowest BCUT2D eigenvalue weighted by Gasteiger charge is -2.29. The van der Waals surface area contributed by atoms with Gasteiger partial charge in [0, 0.05) is 119 Å². The van der Waals surface area contributed by atoms with Crippen molar-refractivity contribution in [1.82, 2.24) is 41.8 Å². The largest absolute Gasteiger partial charge is 0.481 e. The summed E-state index contributed by atoms with van der Waals surface area (Å²) in [5.74, 6) is -19.6. The summed E-state index contributed by atoms with van der Waals surface area (Å²) in [6.45, 7) is -0.391. The number of amides is 9. The molecule has 2 aliphatic rings. The van der Waals surface area contributed by atoms with Gasteiger partial charge in [-0.15, -0.1) is 24.0 Å². The van der Waals surface area contributed by atoms with Crippen LogP contribution in [0.25, 0.3) is 10.9 Å². The second-order valence-corrected chi connectivity index (χ2v) is 25.1. The molecule has 1 aromatic carbocycles. The fraction of sp³-hybridized carbons (Fsp3) is 0.593. The third-order valence-corrected chi connectivity index (χ3v) is 17.8. The number of rotatable bonds is 29. The topological polar surface area (TPSA) is 530 Å². The van der Waals surface area contributed by atoms with Crippen molar-refractivity contribution < 1.29 is 84.9 Å². The molecule has 4 rings (SSSR count). The Morgan fingerprint density at radius 2 is 1.55 bits per heavy atom. The molecule has 2 aliphatic heterocycles. The molecule has 2 aromatic rings. The van der Waals surface area contributed by atoms with Crippen LogP contribution in [0.4, 0.5) is 4.79 Å².